The van der Waals surface area contributed by atoms with Gasteiger partial charge in [-0.1, -0.05) is 30.3 Å². The van der Waals surface area contributed by atoms with Gasteiger partial charge < -0.3 is 15.0 Å². The number of hydrogen-bond donors (Lipinski definition) is 1. The molecule has 1 aliphatic heterocycles. The molecule has 0 radical (unpaired) electrons. The molecule has 2 atom stereocenters. The van der Waals surface area contributed by atoms with Crippen molar-refractivity contribution in [2.45, 2.75) is 11.8 Å². The van der Waals surface area contributed by atoms with E-state index < -0.39 is 10.8 Å². The van der Waals surface area contributed by atoms with E-state index in [1.807, 2.05) is 53.4 Å². The highest BCUT2D eigenvalue weighted by Crippen LogP contribution is 2.31. The van der Waals surface area contributed by atoms with Gasteiger partial charge in [0.05, 0.1) is 13.2 Å². The van der Waals surface area contributed by atoms with Crippen molar-refractivity contribution in [1.29, 1.82) is 0 Å². The molecule has 3 rings (SSSR count). The Morgan fingerprint density at radius 1 is 1.27 bits per heavy atom. The molecule has 0 aliphatic carbocycles. The lowest BCUT2D eigenvalue weighted by molar-refractivity contribution is 0.0631. The summed E-state index contributed by atoms with van der Waals surface area (Å²) in [4.78, 5) is 15.1. The van der Waals surface area contributed by atoms with Gasteiger partial charge in [0.15, 0.2) is 0 Å². The zero-order valence-electron chi connectivity index (χ0n) is 15.1. The van der Waals surface area contributed by atoms with Crippen molar-refractivity contribution in [2.24, 2.45) is 0 Å². The average molecular weight is 372 g/mol. The van der Waals surface area contributed by atoms with Gasteiger partial charge >= 0.3 is 0 Å². The number of nitrogens with zero attached hydrogens (tertiary/aromatic N) is 1. The Bertz CT molecular complexity index is 809. The van der Waals surface area contributed by atoms with E-state index in [2.05, 4.69) is 5.32 Å². The van der Waals surface area contributed by atoms with Gasteiger partial charge in [0.2, 0.25) is 0 Å². The third-order valence-corrected chi connectivity index (χ3v) is 5.29. The summed E-state index contributed by atoms with van der Waals surface area (Å²) in [7, 11) is 0.713. The van der Waals surface area contributed by atoms with E-state index in [0.29, 0.717) is 24.4 Å². The average Bonchev–Trinajstić information content (AvgIpc) is 2.67. The first-order chi connectivity index (χ1) is 12.6. The first kappa shape index (κ1) is 18.6. The molecule has 0 spiro atoms. The topological polar surface area (TPSA) is 58.6 Å². The number of para-hydroxylation sites is 1. The maximum atomic E-state index is 13.2. The summed E-state index contributed by atoms with van der Waals surface area (Å²) in [5.74, 6) is 1.23. The molecule has 2 aromatic carbocycles. The Balaban J connectivity index is 1.90. The van der Waals surface area contributed by atoms with Gasteiger partial charge in [0, 0.05) is 53.6 Å². The zero-order chi connectivity index (χ0) is 18.5. The van der Waals surface area contributed by atoms with Crippen molar-refractivity contribution in [3.8, 4) is 5.75 Å². The minimum Gasteiger partial charge on any atom is -0.496 e. The van der Waals surface area contributed by atoms with Crippen LogP contribution < -0.4 is 10.1 Å². The number of hydrogen-bond acceptors (Lipinski definition) is 4. The lowest BCUT2D eigenvalue weighted by Crippen LogP contribution is -2.48. The molecule has 138 valence electrons. The number of carbonyl (C=O) groups excluding carboxylic acids is 1. The van der Waals surface area contributed by atoms with E-state index in [1.54, 1.807) is 13.4 Å². The van der Waals surface area contributed by atoms with Crippen LogP contribution in [0.25, 0.3) is 0 Å². The number of ether oxygens (including phenoxy) is 1. The van der Waals surface area contributed by atoms with E-state index in [4.69, 9.17) is 4.74 Å². The Morgan fingerprint density at radius 3 is 2.85 bits per heavy atom. The fourth-order valence-electron chi connectivity index (χ4n) is 3.36. The van der Waals surface area contributed by atoms with Crippen LogP contribution in [0.2, 0.25) is 0 Å². The third-order valence-electron chi connectivity index (χ3n) is 4.55. The molecular weight excluding hydrogens is 348 g/mol. The molecule has 6 heteroatoms. The third kappa shape index (κ3) is 4.14. The molecule has 1 heterocycles. The minimum absolute atomic E-state index is 0.00820. The lowest BCUT2D eigenvalue weighted by atomic mass is 10.0. The predicted octanol–water partition coefficient (Wildman–Crippen LogP) is 2.36. The SMILES string of the molecule is COc1ccccc1C1CNCCN1C(=O)c1cccc(CS(C)=O)c1. The standard InChI is InChI=1S/C20H24N2O3S/c1-25-19-9-4-3-8-17(19)18-13-21-10-11-22(18)20(23)16-7-5-6-15(12-16)14-26(2)24/h3-9,12,18,21H,10-11,13-14H2,1-2H3. The molecule has 26 heavy (non-hydrogen) atoms. The Kier molecular flexibility index (Phi) is 6.06. The highest BCUT2D eigenvalue weighted by molar-refractivity contribution is 7.83. The van der Waals surface area contributed by atoms with Gasteiger partial charge in [-0.2, -0.15) is 0 Å². The van der Waals surface area contributed by atoms with Crippen LogP contribution in [-0.4, -0.2) is 48.0 Å². The van der Waals surface area contributed by atoms with E-state index >= 15 is 0 Å². The lowest BCUT2D eigenvalue weighted by Gasteiger charge is -2.37. The Labute approximate surface area is 156 Å². The maximum Gasteiger partial charge on any atom is 0.254 e. The molecule has 0 saturated carbocycles. The normalized spacial score (nSPS) is 18.4. The number of amides is 1. The van der Waals surface area contributed by atoms with Crippen molar-refractivity contribution in [3.05, 3.63) is 65.2 Å². The van der Waals surface area contributed by atoms with Crippen LogP contribution in [0.15, 0.2) is 48.5 Å². The molecule has 2 aromatic rings. The van der Waals surface area contributed by atoms with Crippen LogP contribution in [0, 0.1) is 0 Å². The van der Waals surface area contributed by atoms with Crippen LogP contribution in [0.1, 0.15) is 27.5 Å². The molecule has 1 amide bonds. The number of piperazine rings is 1. The maximum absolute atomic E-state index is 13.2. The van der Waals surface area contributed by atoms with Crippen molar-refractivity contribution >= 4 is 16.7 Å². The van der Waals surface area contributed by atoms with Crippen molar-refractivity contribution < 1.29 is 13.7 Å². The van der Waals surface area contributed by atoms with E-state index in [-0.39, 0.29) is 11.9 Å². The largest absolute Gasteiger partial charge is 0.496 e. The molecule has 5 nitrogen and oxygen atoms in total. The van der Waals surface area contributed by atoms with Crippen LogP contribution in [-0.2, 0) is 16.6 Å². The molecule has 1 aliphatic rings. The summed E-state index contributed by atoms with van der Waals surface area (Å²) in [5, 5.41) is 3.37. The molecular formula is C20H24N2O3S. The van der Waals surface area contributed by atoms with Gasteiger partial charge in [-0.05, 0) is 23.8 Å². The van der Waals surface area contributed by atoms with Gasteiger partial charge in [-0.3, -0.25) is 9.00 Å². The quantitative estimate of drug-likeness (QED) is 0.875. The van der Waals surface area contributed by atoms with Crippen molar-refractivity contribution in [1.82, 2.24) is 10.2 Å². The number of carbonyl (C=O) groups is 1. The van der Waals surface area contributed by atoms with Crippen LogP contribution >= 0.6 is 0 Å². The number of nitrogens with one attached hydrogen (secondary N) is 1. The van der Waals surface area contributed by atoms with Gasteiger partial charge in [-0.25, -0.2) is 0 Å². The van der Waals surface area contributed by atoms with Gasteiger partial charge in [0.25, 0.3) is 5.91 Å². The fourth-order valence-corrected chi connectivity index (χ4v) is 4.01. The van der Waals surface area contributed by atoms with E-state index in [9.17, 15) is 9.00 Å². The molecule has 0 bridgehead atoms. The summed E-state index contributed by atoms with van der Waals surface area (Å²) in [6.07, 6.45) is 1.67. The molecule has 1 N–H and O–H groups in total. The molecule has 1 fully saturated rings. The number of rotatable bonds is 5. The van der Waals surface area contributed by atoms with Crippen LogP contribution in [0.4, 0.5) is 0 Å². The zero-order valence-corrected chi connectivity index (χ0v) is 15.9. The summed E-state index contributed by atoms with van der Waals surface area (Å²) < 4.78 is 17.0. The highest BCUT2D eigenvalue weighted by Gasteiger charge is 2.30. The first-order valence-electron chi connectivity index (χ1n) is 8.63. The highest BCUT2D eigenvalue weighted by atomic mass is 32.2. The second-order valence-corrected chi connectivity index (χ2v) is 7.81. The smallest absolute Gasteiger partial charge is 0.254 e. The summed E-state index contributed by atoms with van der Waals surface area (Å²) in [6, 6.07) is 15.2. The van der Waals surface area contributed by atoms with E-state index in [0.717, 1.165) is 23.4 Å². The summed E-state index contributed by atoms with van der Waals surface area (Å²) >= 11 is 0. The minimum atomic E-state index is -0.935. The second kappa shape index (κ2) is 8.47. The Morgan fingerprint density at radius 2 is 2.08 bits per heavy atom. The van der Waals surface area contributed by atoms with Crippen LogP contribution in [0.5, 0.6) is 5.75 Å². The molecule has 0 aromatic heterocycles. The van der Waals surface area contributed by atoms with Gasteiger partial charge in [-0.15, -0.1) is 0 Å². The monoisotopic (exact) mass is 372 g/mol. The molecule has 2 unspecified atom stereocenters. The van der Waals surface area contributed by atoms with Crippen molar-refractivity contribution in [2.75, 3.05) is 33.0 Å². The van der Waals surface area contributed by atoms with E-state index in [1.165, 1.54) is 0 Å². The van der Waals surface area contributed by atoms with Crippen molar-refractivity contribution in [3.63, 3.8) is 0 Å². The predicted molar refractivity (Wildman–Crippen MR) is 104 cm³/mol. The second-order valence-electron chi connectivity index (χ2n) is 6.38. The number of benzene rings is 2. The van der Waals surface area contributed by atoms with Crippen LogP contribution in [0.3, 0.4) is 0 Å². The Hall–Kier alpha value is -2.18. The fraction of sp³-hybridized carbons (Fsp3) is 0.350. The first-order valence-corrected chi connectivity index (χ1v) is 10.4. The summed E-state index contributed by atoms with van der Waals surface area (Å²) in [5.41, 5.74) is 2.55. The summed E-state index contributed by atoms with van der Waals surface area (Å²) in [6.45, 7) is 2.08. The molecule has 1 saturated heterocycles. The number of methoxy groups -OCH3 is 1. The van der Waals surface area contributed by atoms with Gasteiger partial charge in [0.1, 0.15) is 5.75 Å².